The van der Waals surface area contributed by atoms with Crippen LogP contribution < -0.4 is 0 Å². The highest BCUT2D eigenvalue weighted by Crippen LogP contribution is 2.36. The molecule has 0 unspecified atom stereocenters. The van der Waals surface area contributed by atoms with Gasteiger partial charge in [0.2, 0.25) is 0 Å². The van der Waals surface area contributed by atoms with Gasteiger partial charge in [0.25, 0.3) is 0 Å². The van der Waals surface area contributed by atoms with Crippen molar-refractivity contribution in [3.63, 3.8) is 0 Å². The Morgan fingerprint density at radius 2 is 1.13 bits per heavy atom. The van der Waals surface area contributed by atoms with Gasteiger partial charge in [-0.05, 0) is 45.2 Å². The predicted octanol–water partition coefficient (Wildman–Crippen LogP) is 6.94. The summed E-state index contributed by atoms with van der Waals surface area (Å²) in [5.41, 5.74) is 4.97. The zero-order valence-corrected chi connectivity index (χ0v) is 14.1. The maximum atomic E-state index is 3.76. The highest BCUT2D eigenvalue weighted by Gasteiger charge is 2.09. The summed E-state index contributed by atoms with van der Waals surface area (Å²) in [6, 6.07) is 32.0. The van der Waals surface area contributed by atoms with E-state index >= 15 is 0 Å². The third kappa shape index (κ3) is 2.69. The molecule has 0 radical (unpaired) electrons. The van der Waals surface area contributed by atoms with Crippen molar-refractivity contribution in [1.29, 1.82) is 0 Å². The maximum Gasteiger partial charge on any atom is 0.0260 e. The van der Waals surface area contributed by atoms with Crippen LogP contribution in [0.25, 0.3) is 33.0 Å². The van der Waals surface area contributed by atoms with Crippen LogP contribution in [0, 0.1) is 0 Å². The predicted molar refractivity (Wildman–Crippen MR) is 103 cm³/mol. The molecule has 0 saturated heterocycles. The van der Waals surface area contributed by atoms with E-state index in [1.165, 1.54) is 33.0 Å². The van der Waals surface area contributed by atoms with Gasteiger partial charge in [-0.1, -0.05) is 94.8 Å². The third-order valence-electron chi connectivity index (χ3n) is 4.14. The van der Waals surface area contributed by atoms with Crippen LogP contribution in [-0.2, 0) is 0 Å². The van der Waals surface area contributed by atoms with Gasteiger partial charge in [0.15, 0.2) is 0 Å². The topological polar surface area (TPSA) is 0 Å². The monoisotopic (exact) mass is 358 g/mol. The van der Waals surface area contributed by atoms with Gasteiger partial charge in [0.1, 0.15) is 0 Å². The van der Waals surface area contributed by atoms with Crippen molar-refractivity contribution in [3.05, 3.63) is 95.5 Å². The number of fused-ring (bicyclic) bond motifs is 1. The standard InChI is InChI=1S/C22H15Br/c23-22-15-20-18(14-21(22)17-10-5-2-6-11-17)12-7-13-19(20)16-8-3-1-4-9-16/h1-15H. The summed E-state index contributed by atoms with van der Waals surface area (Å²) in [5.74, 6) is 0. The molecule has 0 spiro atoms. The zero-order chi connectivity index (χ0) is 15.6. The van der Waals surface area contributed by atoms with Crippen molar-refractivity contribution in [2.24, 2.45) is 0 Å². The number of hydrogen-bond acceptors (Lipinski definition) is 0. The first-order valence-corrected chi connectivity index (χ1v) is 8.45. The first-order chi connectivity index (χ1) is 11.3. The van der Waals surface area contributed by atoms with E-state index in [4.69, 9.17) is 0 Å². The van der Waals surface area contributed by atoms with Crippen LogP contribution in [0.15, 0.2) is 95.5 Å². The molecule has 4 aromatic carbocycles. The molecule has 0 N–H and O–H groups in total. The Morgan fingerprint density at radius 1 is 0.522 bits per heavy atom. The average Bonchev–Trinajstić information content (AvgIpc) is 2.62. The smallest absolute Gasteiger partial charge is 0.0260 e. The lowest BCUT2D eigenvalue weighted by Crippen LogP contribution is -1.85. The van der Waals surface area contributed by atoms with Crippen LogP contribution in [0.1, 0.15) is 0 Å². The SMILES string of the molecule is Brc1cc2c(-c3ccccc3)cccc2cc1-c1ccccc1. The Labute approximate surface area is 144 Å². The van der Waals surface area contributed by atoms with Crippen LogP contribution in [-0.4, -0.2) is 0 Å². The Kier molecular flexibility index (Phi) is 3.72. The molecule has 0 amide bonds. The molecule has 0 aliphatic rings. The third-order valence-corrected chi connectivity index (χ3v) is 4.79. The zero-order valence-electron chi connectivity index (χ0n) is 12.5. The maximum absolute atomic E-state index is 3.76. The van der Waals surface area contributed by atoms with E-state index in [1.807, 2.05) is 6.07 Å². The second-order valence-corrected chi connectivity index (χ2v) is 6.45. The number of rotatable bonds is 2. The van der Waals surface area contributed by atoms with Crippen molar-refractivity contribution in [2.45, 2.75) is 0 Å². The lowest BCUT2D eigenvalue weighted by Gasteiger charge is -2.11. The molecule has 0 saturated carbocycles. The fourth-order valence-corrected chi connectivity index (χ4v) is 3.58. The minimum Gasteiger partial charge on any atom is -0.0622 e. The summed E-state index contributed by atoms with van der Waals surface area (Å²) >= 11 is 3.76. The second-order valence-electron chi connectivity index (χ2n) is 5.59. The highest BCUT2D eigenvalue weighted by atomic mass is 79.9. The molecule has 110 valence electrons. The molecule has 0 aromatic heterocycles. The normalized spacial score (nSPS) is 10.8. The summed E-state index contributed by atoms with van der Waals surface area (Å²) in [5, 5.41) is 2.53. The van der Waals surface area contributed by atoms with Gasteiger partial charge in [0, 0.05) is 4.47 Å². The number of halogens is 1. The van der Waals surface area contributed by atoms with Gasteiger partial charge in [-0.3, -0.25) is 0 Å². The Morgan fingerprint density at radius 3 is 1.78 bits per heavy atom. The lowest BCUT2D eigenvalue weighted by molar-refractivity contribution is 1.60. The molecule has 0 aliphatic heterocycles. The minimum absolute atomic E-state index is 1.12. The van der Waals surface area contributed by atoms with E-state index in [-0.39, 0.29) is 0 Å². The largest absolute Gasteiger partial charge is 0.0622 e. The molecule has 0 atom stereocenters. The molecule has 1 heteroatoms. The molecule has 0 fully saturated rings. The Hall–Kier alpha value is -2.38. The average molecular weight is 359 g/mol. The molecule has 0 bridgehead atoms. The molecule has 0 heterocycles. The summed E-state index contributed by atoms with van der Waals surface area (Å²) in [7, 11) is 0. The molecule has 0 aliphatic carbocycles. The lowest BCUT2D eigenvalue weighted by atomic mass is 9.95. The van der Waals surface area contributed by atoms with Gasteiger partial charge in [0.05, 0.1) is 0 Å². The molecule has 4 rings (SSSR count). The van der Waals surface area contributed by atoms with E-state index in [0.29, 0.717) is 0 Å². The van der Waals surface area contributed by atoms with Gasteiger partial charge in [-0.15, -0.1) is 0 Å². The first kappa shape index (κ1) is 14.2. The fourth-order valence-electron chi connectivity index (χ4n) is 3.01. The van der Waals surface area contributed by atoms with Crippen molar-refractivity contribution in [3.8, 4) is 22.3 Å². The van der Waals surface area contributed by atoms with E-state index in [2.05, 4.69) is 101 Å². The van der Waals surface area contributed by atoms with Crippen LogP contribution in [0.2, 0.25) is 0 Å². The Bertz CT molecular complexity index is 957. The van der Waals surface area contributed by atoms with Crippen molar-refractivity contribution >= 4 is 26.7 Å². The molecule has 0 nitrogen and oxygen atoms in total. The van der Waals surface area contributed by atoms with Crippen LogP contribution in [0.3, 0.4) is 0 Å². The van der Waals surface area contributed by atoms with Crippen LogP contribution in [0.5, 0.6) is 0 Å². The highest BCUT2D eigenvalue weighted by molar-refractivity contribution is 9.10. The molecule has 4 aromatic rings. The van der Waals surface area contributed by atoms with E-state index in [1.54, 1.807) is 0 Å². The van der Waals surface area contributed by atoms with Crippen LogP contribution in [0.4, 0.5) is 0 Å². The summed E-state index contributed by atoms with van der Waals surface area (Å²) in [6.45, 7) is 0. The first-order valence-electron chi connectivity index (χ1n) is 7.66. The van der Waals surface area contributed by atoms with Gasteiger partial charge in [-0.2, -0.15) is 0 Å². The molecular weight excluding hydrogens is 344 g/mol. The second kappa shape index (κ2) is 6.02. The van der Waals surface area contributed by atoms with Gasteiger partial charge in [-0.25, -0.2) is 0 Å². The van der Waals surface area contributed by atoms with Crippen LogP contribution >= 0.6 is 15.9 Å². The van der Waals surface area contributed by atoms with E-state index in [9.17, 15) is 0 Å². The van der Waals surface area contributed by atoms with Crippen molar-refractivity contribution in [2.75, 3.05) is 0 Å². The quantitative estimate of drug-likeness (QED) is 0.364. The minimum atomic E-state index is 1.12. The van der Waals surface area contributed by atoms with Gasteiger partial charge < -0.3 is 0 Å². The summed E-state index contributed by atoms with van der Waals surface area (Å²) < 4.78 is 1.12. The summed E-state index contributed by atoms with van der Waals surface area (Å²) in [6.07, 6.45) is 0. The summed E-state index contributed by atoms with van der Waals surface area (Å²) in [4.78, 5) is 0. The van der Waals surface area contributed by atoms with Crippen molar-refractivity contribution in [1.82, 2.24) is 0 Å². The van der Waals surface area contributed by atoms with E-state index < -0.39 is 0 Å². The van der Waals surface area contributed by atoms with Gasteiger partial charge >= 0.3 is 0 Å². The molecular formula is C22H15Br. The van der Waals surface area contributed by atoms with Crippen molar-refractivity contribution < 1.29 is 0 Å². The number of benzene rings is 4. The number of hydrogen-bond donors (Lipinski definition) is 0. The molecule has 23 heavy (non-hydrogen) atoms. The van der Waals surface area contributed by atoms with E-state index in [0.717, 1.165) is 4.47 Å². The Balaban J connectivity index is 1.96. The fraction of sp³-hybridized carbons (Fsp3) is 0.